The maximum Gasteiger partial charge on any atom is 0.233 e. The van der Waals surface area contributed by atoms with E-state index >= 15 is 0 Å². The Morgan fingerprint density at radius 3 is 1.68 bits per heavy atom. The Kier molecular flexibility index (Phi) is 2.62. The summed E-state index contributed by atoms with van der Waals surface area (Å²) in [5.74, 6) is 1.60. The van der Waals surface area contributed by atoms with Gasteiger partial charge in [-0.1, -0.05) is 31.9 Å². The van der Waals surface area contributed by atoms with E-state index in [1.54, 1.807) is 0 Å². The molecule has 0 unspecified atom stereocenters. The lowest BCUT2D eigenvalue weighted by Gasteiger charge is -2.37. The number of fused-ring (bicyclic) bond motifs is 6. The zero-order valence-electron chi connectivity index (χ0n) is 9.60. The van der Waals surface area contributed by atoms with Gasteiger partial charge < -0.3 is 9.47 Å². The maximum atomic E-state index is 5.90. The van der Waals surface area contributed by atoms with Crippen LogP contribution in [-0.4, -0.2) is 0 Å². The molecule has 2 aromatic carbocycles. The molecule has 3 nitrogen and oxygen atoms in total. The second-order valence-electron chi connectivity index (χ2n) is 4.40. The normalized spacial score (nSPS) is 22.8. The third kappa shape index (κ3) is 1.88. The molecule has 0 fully saturated rings. The van der Waals surface area contributed by atoms with E-state index in [9.17, 15) is 0 Å². The van der Waals surface area contributed by atoms with Crippen LogP contribution in [-0.2, 0) is 4.74 Å². The van der Waals surface area contributed by atoms with Gasteiger partial charge in [0.1, 0.15) is 11.5 Å². The summed E-state index contributed by atoms with van der Waals surface area (Å²) in [5.41, 5.74) is 1.80. The Morgan fingerprint density at radius 1 is 0.737 bits per heavy atom. The van der Waals surface area contributed by atoms with Crippen molar-refractivity contribution in [3.05, 3.63) is 56.5 Å². The monoisotopic (exact) mass is 382 g/mol. The molecular formula is C14H8Br2O3. The number of halogens is 2. The van der Waals surface area contributed by atoms with Gasteiger partial charge in [-0.25, -0.2) is 0 Å². The Bertz CT molecular complexity index is 614. The van der Waals surface area contributed by atoms with Crippen molar-refractivity contribution in [3.8, 4) is 11.5 Å². The topological polar surface area (TPSA) is 27.7 Å². The summed E-state index contributed by atoms with van der Waals surface area (Å²) in [7, 11) is 0. The molecule has 0 aliphatic carbocycles. The molecule has 0 radical (unpaired) electrons. The van der Waals surface area contributed by atoms with Gasteiger partial charge >= 0.3 is 0 Å². The highest BCUT2D eigenvalue weighted by atomic mass is 79.9. The smallest absolute Gasteiger partial charge is 0.233 e. The number of rotatable bonds is 0. The molecular weight excluding hydrogens is 376 g/mol. The van der Waals surface area contributed by atoms with Crippen molar-refractivity contribution in [2.24, 2.45) is 0 Å². The molecule has 0 saturated heterocycles. The molecule has 2 aliphatic heterocycles. The number of ether oxygens (including phenoxy) is 3. The lowest BCUT2D eigenvalue weighted by Crippen LogP contribution is -2.30. The van der Waals surface area contributed by atoms with Crippen molar-refractivity contribution < 1.29 is 14.2 Å². The molecule has 2 atom stereocenters. The van der Waals surface area contributed by atoms with Gasteiger partial charge in [0.15, 0.2) is 0 Å². The van der Waals surface area contributed by atoms with E-state index in [0.717, 1.165) is 31.6 Å². The summed E-state index contributed by atoms with van der Waals surface area (Å²) in [6, 6.07) is 11.7. The Hall–Kier alpha value is -1.04. The van der Waals surface area contributed by atoms with Gasteiger partial charge in [0.05, 0.1) is 11.1 Å². The summed E-state index contributed by atoms with van der Waals surface area (Å²) >= 11 is 6.90. The van der Waals surface area contributed by atoms with Crippen molar-refractivity contribution in [2.45, 2.75) is 12.6 Å². The fraction of sp³-hybridized carbons (Fsp3) is 0.143. The van der Waals surface area contributed by atoms with Gasteiger partial charge in [-0.15, -0.1) is 0 Å². The number of benzene rings is 2. The molecule has 0 N–H and O–H groups in total. The maximum absolute atomic E-state index is 5.90. The molecule has 19 heavy (non-hydrogen) atoms. The van der Waals surface area contributed by atoms with E-state index in [1.807, 2.05) is 36.4 Å². The van der Waals surface area contributed by atoms with Crippen molar-refractivity contribution in [2.75, 3.05) is 0 Å². The minimum Gasteiger partial charge on any atom is -0.460 e. The minimum atomic E-state index is -0.417. The minimum absolute atomic E-state index is 0.417. The van der Waals surface area contributed by atoms with Crippen LogP contribution in [0.1, 0.15) is 23.7 Å². The third-order valence-electron chi connectivity index (χ3n) is 3.17. The first-order valence-electron chi connectivity index (χ1n) is 5.78. The standard InChI is InChI=1S/C14H8Br2O3/c15-7-1-3-11-9(5-7)13-18-12-4-2-8(16)6-10(12)14(17-11)19-13/h1-6,13-14H/t13-,14+. The third-order valence-corrected chi connectivity index (χ3v) is 4.15. The number of hydrogen-bond acceptors (Lipinski definition) is 3. The average Bonchev–Trinajstić information content (AvgIpc) is 2.41. The second kappa shape index (κ2) is 4.23. The van der Waals surface area contributed by atoms with E-state index < -0.39 is 12.6 Å². The molecule has 96 valence electrons. The molecule has 4 rings (SSSR count). The molecule has 0 spiro atoms. The van der Waals surface area contributed by atoms with Gasteiger partial charge in [-0.2, -0.15) is 0 Å². The van der Waals surface area contributed by atoms with Crippen molar-refractivity contribution in [1.29, 1.82) is 0 Å². The summed E-state index contributed by atoms with van der Waals surface area (Å²) in [4.78, 5) is 0. The van der Waals surface area contributed by atoms with Crippen molar-refractivity contribution in [3.63, 3.8) is 0 Å². The van der Waals surface area contributed by atoms with E-state index in [1.165, 1.54) is 0 Å². The second-order valence-corrected chi connectivity index (χ2v) is 6.23. The van der Waals surface area contributed by atoms with E-state index in [-0.39, 0.29) is 0 Å². The van der Waals surface area contributed by atoms with Gasteiger partial charge in [0.25, 0.3) is 0 Å². The fourth-order valence-corrected chi connectivity index (χ4v) is 3.05. The van der Waals surface area contributed by atoms with Crippen LogP contribution in [0.2, 0.25) is 0 Å². The fourth-order valence-electron chi connectivity index (χ4n) is 2.29. The Morgan fingerprint density at radius 2 is 1.21 bits per heavy atom. The molecule has 2 aliphatic rings. The summed E-state index contributed by atoms with van der Waals surface area (Å²) in [6.07, 6.45) is -0.833. The average molecular weight is 384 g/mol. The zero-order chi connectivity index (χ0) is 13.0. The van der Waals surface area contributed by atoms with Crippen LogP contribution in [0.5, 0.6) is 11.5 Å². The highest BCUT2D eigenvalue weighted by molar-refractivity contribution is 9.10. The quantitative estimate of drug-likeness (QED) is 0.659. The first-order valence-corrected chi connectivity index (χ1v) is 7.37. The molecule has 0 aromatic heterocycles. The number of hydrogen-bond donors (Lipinski definition) is 0. The molecule has 5 heteroatoms. The Balaban J connectivity index is 1.84. The van der Waals surface area contributed by atoms with Gasteiger partial charge in [-0.05, 0) is 36.4 Å². The van der Waals surface area contributed by atoms with Crippen LogP contribution in [0.25, 0.3) is 0 Å². The van der Waals surface area contributed by atoms with Gasteiger partial charge in [0.2, 0.25) is 12.6 Å². The summed E-state index contributed by atoms with van der Waals surface area (Å²) < 4.78 is 19.5. The van der Waals surface area contributed by atoms with E-state index in [2.05, 4.69) is 31.9 Å². The van der Waals surface area contributed by atoms with Crippen LogP contribution < -0.4 is 9.47 Å². The van der Waals surface area contributed by atoms with Gasteiger partial charge in [0, 0.05) is 8.95 Å². The van der Waals surface area contributed by atoms with Crippen LogP contribution in [0.4, 0.5) is 0 Å². The van der Waals surface area contributed by atoms with Crippen molar-refractivity contribution in [1.82, 2.24) is 0 Å². The largest absolute Gasteiger partial charge is 0.460 e. The first-order chi connectivity index (χ1) is 9.20. The summed E-state index contributed by atoms with van der Waals surface area (Å²) in [6.45, 7) is 0. The van der Waals surface area contributed by atoms with Crippen LogP contribution in [0.3, 0.4) is 0 Å². The lowest BCUT2D eigenvalue weighted by molar-refractivity contribution is -0.227. The molecule has 0 amide bonds. The highest BCUT2D eigenvalue weighted by Crippen LogP contribution is 2.48. The first kappa shape index (κ1) is 11.8. The molecule has 2 heterocycles. The highest BCUT2D eigenvalue weighted by Gasteiger charge is 2.37. The summed E-state index contributed by atoms with van der Waals surface area (Å²) in [5, 5.41) is 0. The van der Waals surface area contributed by atoms with Gasteiger partial charge in [-0.3, -0.25) is 4.74 Å². The molecule has 2 bridgehead atoms. The zero-order valence-corrected chi connectivity index (χ0v) is 12.8. The van der Waals surface area contributed by atoms with Crippen LogP contribution >= 0.6 is 31.9 Å². The lowest BCUT2D eigenvalue weighted by atomic mass is 10.1. The SMILES string of the molecule is Brc1ccc2c(c1)[C@@H]1Oc3ccc(Br)cc3[C@@H](O2)O1. The van der Waals surface area contributed by atoms with E-state index in [0.29, 0.717) is 0 Å². The van der Waals surface area contributed by atoms with Crippen LogP contribution in [0, 0.1) is 0 Å². The van der Waals surface area contributed by atoms with Crippen molar-refractivity contribution >= 4 is 31.9 Å². The van der Waals surface area contributed by atoms with E-state index in [4.69, 9.17) is 14.2 Å². The predicted molar refractivity (Wildman–Crippen MR) is 76.1 cm³/mol. The molecule has 0 saturated carbocycles. The predicted octanol–water partition coefficient (Wildman–Crippen LogP) is 4.71. The molecule has 2 aromatic rings. The Labute approximate surface area is 126 Å². The van der Waals surface area contributed by atoms with Crippen LogP contribution in [0.15, 0.2) is 45.3 Å².